The summed E-state index contributed by atoms with van der Waals surface area (Å²) in [5.74, 6) is 0.803. The molecule has 1 amide bonds. The number of hydrogen-bond donors (Lipinski definition) is 1. The van der Waals surface area contributed by atoms with E-state index in [0.717, 1.165) is 31.4 Å². The number of anilines is 1. The van der Waals surface area contributed by atoms with Gasteiger partial charge in [0.2, 0.25) is 11.9 Å². The highest BCUT2D eigenvalue weighted by atomic mass is 32.1. The molecule has 6 nitrogen and oxygen atoms in total. The van der Waals surface area contributed by atoms with Crippen LogP contribution in [0.4, 0.5) is 5.95 Å². The second kappa shape index (κ2) is 6.20. The van der Waals surface area contributed by atoms with Crippen molar-refractivity contribution in [2.24, 2.45) is 12.5 Å². The number of rotatable bonds is 2. The summed E-state index contributed by atoms with van der Waals surface area (Å²) >= 11 is 1.43. The molecule has 1 aliphatic rings. The first-order valence-corrected chi connectivity index (χ1v) is 9.15. The molecule has 0 unspecified atom stereocenters. The van der Waals surface area contributed by atoms with E-state index in [9.17, 15) is 9.59 Å². The van der Waals surface area contributed by atoms with Gasteiger partial charge in [-0.15, -0.1) is 11.3 Å². The highest BCUT2D eigenvalue weighted by Gasteiger charge is 2.27. The fourth-order valence-corrected chi connectivity index (χ4v) is 3.69. The number of fused-ring (bicyclic) bond motifs is 1. The van der Waals surface area contributed by atoms with Crippen LogP contribution in [0.1, 0.15) is 33.6 Å². The molecule has 0 spiro atoms. The van der Waals surface area contributed by atoms with E-state index in [2.05, 4.69) is 15.2 Å². The van der Waals surface area contributed by atoms with Gasteiger partial charge >= 0.3 is 0 Å². The van der Waals surface area contributed by atoms with E-state index >= 15 is 0 Å². The molecule has 2 aromatic heterocycles. The Labute approximate surface area is 145 Å². The van der Waals surface area contributed by atoms with E-state index in [1.54, 1.807) is 11.6 Å². The third kappa shape index (κ3) is 3.17. The second-order valence-electron chi connectivity index (χ2n) is 7.40. The molecule has 1 N–H and O–H groups in total. The lowest BCUT2D eigenvalue weighted by molar-refractivity contribution is -0.129. The fraction of sp³-hybridized carbons (Fsp3) is 0.588. The summed E-state index contributed by atoms with van der Waals surface area (Å²) in [6.45, 7) is 7.34. The molecular formula is C17H24N4O2S. The fourth-order valence-electron chi connectivity index (χ4n) is 2.89. The topological polar surface area (TPSA) is 67.2 Å². The molecule has 0 radical (unpaired) electrons. The number of aromatic nitrogens is 2. The minimum atomic E-state index is -0.368. The number of thiophene rings is 1. The molecule has 24 heavy (non-hydrogen) atoms. The van der Waals surface area contributed by atoms with Crippen molar-refractivity contribution in [2.45, 2.75) is 39.7 Å². The normalized spacial score (nSPS) is 16.6. The van der Waals surface area contributed by atoms with Gasteiger partial charge in [-0.05, 0) is 24.3 Å². The molecule has 3 rings (SSSR count). The average Bonchev–Trinajstić information content (AvgIpc) is 2.99. The largest absolute Gasteiger partial charge is 0.353 e. The summed E-state index contributed by atoms with van der Waals surface area (Å²) in [7, 11) is 1.78. The number of piperidine rings is 1. The lowest BCUT2D eigenvalue weighted by atomic mass is 9.94. The van der Waals surface area contributed by atoms with E-state index in [-0.39, 0.29) is 22.9 Å². The molecule has 7 heteroatoms. The van der Waals surface area contributed by atoms with Gasteiger partial charge in [0.05, 0.1) is 5.52 Å². The van der Waals surface area contributed by atoms with E-state index < -0.39 is 0 Å². The quantitative estimate of drug-likeness (QED) is 0.903. The van der Waals surface area contributed by atoms with Crippen LogP contribution in [-0.4, -0.2) is 34.6 Å². The zero-order valence-electron chi connectivity index (χ0n) is 14.6. The third-order valence-corrected chi connectivity index (χ3v) is 5.35. The maximum Gasteiger partial charge on any atom is 0.272 e. The first-order valence-electron chi connectivity index (χ1n) is 8.27. The zero-order valence-corrected chi connectivity index (χ0v) is 15.4. The van der Waals surface area contributed by atoms with Gasteiger partial charge in [0.15, 0.2) is 0 Å². The van der Waals surface area contributed by atoms with Gasteiger partial charge in [0, 0.05) is 31.6 Å². The molecule has 2 aromatic rings. The molecule has 3 heterocycles. The number of carbonyl (C=O) groups excluding carboxylic acids is 1. The number of nitrogens with zero attached hydrogens (tertiary/aromatic N) is 3. The maximum absolute atomic E-state index is 12.4. The SMILES string of the molecule is Cn1c(N2CCC(NC(=O)C(C)(C)C)CC2)nc2ccsc2c1=O. The van der Waals surface area contributed by atoms with Crippen LogP contribution in [0.15, 0.2) is 16.2 Å². The highest BCUT2D eigenvalue weighted by molar-refractivity contribution is 7.17. The van der Waals surface area contributed by atoms with Gasteiger partial charge in [-0.25, -0.2) is 4.98 Å². The molecule has 130 valence electrons. The van der Waals surface area contributed by atoms with Crippen LogP contribution in [-0.2, 0) is 11.8 Å². The Morgan fingerprint density at radius 2 is 2.00 bits per heavy atom. The monoisotopic (exact) mass is 348 g/mol. The molecule has 1 saturated heterocycles. The Balaban J connectivity index is 1.72. The highest BCUT2D eigenvalue weighted by Crippen LogP contribution is 2.22. The van der Waals surface area contributed by atoms with Crippen LogP contribution < -0.4 is 15.8 Å². The average molecular weight is 348 g/mol. The predicted molar refractivity (Wildman–Crippen MR) is 97.7 cm³/mol. The lowest BCUT2D eigenvalue weighted by Gasteiger charge is -2.34. The number of hydrogen-bond acceptors (Lipinski definition) is 5. The summed E-state index contributed by atoms with van der Waals surface area (Å²) in [4.78, 5) is 31.3. The summed E-state index contributed by atoms with van der Waals surface area (Å²) in [5, 5.41) is 5.03. The molecule has 0 bridgehead atoms. The maximum atomic E-state index is 12.4. The van der Waals surface area contributed by atoms with Crippen LogP contribution in [0.5, 0.6) is 0 Å². The van der Waals surface area contributed by atoms with E-state index in [1.807, 2.05) is 32.2 Å². The van der Waals surface area contributed by atoms with Crippen molar-refractivity contribution in [2.75, 3.05) is 18.0 Å². The second-order valence-corrected chi connectivity index (χ2v) is 8.31. The predicted octanol–water partition coefficient (Wildman–Crippen LogP) is 2.13. The zero-order chi connectivity index (χ0) is 17.5. The van der Waals surface area contributed by atoms with Gasteiger partial charge in [-0.2, -0.15) is 0 Å². The number of carbonyl (C=O) groups is 1. The summed E-state index contributed by atoms with van der Waals surface area (Å²) < 4.78 is 2.33. The molecule has 1 aliphatic heterocycles. The Hall–Kier alpha value is -1.89. The first-order chi connectivity index (χ1) is 11.3. The van der Waals surface area contributed by atoms with Gasteiger partial charge in [-0.3, -0.25) is 14.2 Å². The Bertz CT molecular complexity index is 810. The van der Waals surface area contributed by atoms with Crippen LogP contribution >= 0.6 is 11.3 Å². The Morgan fingerprint density at radius 3 is 2.62 bits per heavy atom. The van der Waals surface area contributed by atoms with Crippen molar-refractivity contribution in [1.82, 2.24) is 14.9 Å². The van der Waals surface area contributed by atoms with Crippen molar-refractivity contribution in [3.05, 3.63) is 21.8 Å². The smallest absolute Gasteiger partial charge is 0.272 e. The first kappa shape index (κ1) is 17.0. The van der Waals surface area contributed by atoms with Gasteiger partial charge in [-0.1, -0.05) is 20.8 Å². The number of nitrogens with one attached hydrogen (secondary N) is 1. The Morgan fingerprint density at radius 1 is 1.33 bits per heavy atom. The minimum Gasteiger partial charge on any atom is -0.353 e. The van der Waals surface area contributed by atoms with Crippen molar-refractivity contribution in [3.63, 3.8) is 0 Å². The summed E-state index contributed by atoms with van der Waals surface area (Å²) in [6, 6.07) is 2.08. The van der Waals surface area contributed by atoms with Crippen molar-refractivity contribution < 1.29 is 4.79 Å². The number of amides is 1. The van der Waals surface area contributed by atoms with Gasteiger partial charge in [0.1, 0.15) is 4.70 Å². The van der Waals surface area contributed by atoms with Crippen LogP contribution in [0.25, 0.3) is 10.2 Å². The van der Waals surface area contributed by atoms with Crippen molar-refractivity contribution >= 4 is 33.4 Å². The molecule has 0 saturated carbocycles. The van der Waals surface area contributed by atoms with E-state index in [4.69, 9.17) is 0 Å². The molecular weight excluding hydrogens is 324 g/mol. The molecule has 1 fully saturated rings. The molecule has 0 atom stereocenters. The Kier molecular flexibility index (Phi) is 4.38. The summed E-state index contributed by atoms with van der Waals surface area (Å²) in [5.41, 5.74) is 0.404. The van der Waals surface area contributed by atoms with Crippen LogP contribution in [0, 0.1) is 5.41 Å². The van der Waals surface area contributed by atoms with Crippen LogP contribution in [0.3, 0.4) is 0 Å². The van der Waals surface area contributed by atoms with E-state index in [0.29, 0.717) is 10.6 Å². The van der Waals surface area contributed by atoms with Gasteiger partial charge < -0.3 is 10.2 Å². The minimum absolute atomic E-state index is 0.00755. The van der Waals surface area contributed by atoms with E-state index in [1.165, 1.54) is 11.3 Å². The van der Waals surface area contributed by atoms with Gasteiger partial charge in [0.25, 0.3) is 5.56 Å². The van der Waals surface area contributed by atoms with Crippen LogP contribution in [0.2, 0.25) is 0 Å². The lowest BCUT2D eigenvalue weighted by Crippen LogP contribution is -2.48. The van der Waals surface area contributed by atoms with Crippen molar-refractivity contribution in [1.29, 1.82) is 0 Å². The standard InChI is InChI=1S/C17H24N4O2S/c1-17(2,3)15(23)18-11-5-8-21(9-6-11)16-19-12-7-10-24-13(12)14(22)20(16)4/h7,10-11H,5-6,8-9H2,1-4H3,(H,18,23). The summed E-state index contributed by atoms with van der Waals surface area (Å²) in [6.07, 6.45) is 1.72. The third-order valence-electron chi connectivity index (χ3n) is 4.46. The molecule has 0 aliphatic carbocycles. The van der Waals surface area contributed by atoms with Crippen molar-refractivity contribution in [3.8, 4) is 0 Å². The molecule has 0 aromatic carbocycles.